The zero-order valence-electron chi connectivity index (χ0n) is 11.2. The fourth-order valence-electron chi connectivity index (χ4n) is 1.78. The molecule has 2 N–H and O–H groups in total. The van der Waals surface area contributed by atoms with Crippen molar-refractivity contribution in [3.05, 3.63) is 57.8 Å². The summed E-state index contributed by atoms with van der Waals surface area (Å²) in [7, 11) is 0. The highest BCUT2D eigenvalue weighted by Gasteiger charge is 2.18. The van der Waals surface area contributed by atoms with Crippen molar-refractivity contribution in [3.63, 3.8) is 0 Å². The van der Waals surface area contributed by atoms with Gasteiger partial charge in [0.05, 0.1) is 4.92 Å². The lowest BCUT2D eigenvalue weighted by Crippen LogP contribution is -2.05. The summed E-state index contributed by atoms with van der Waals surface area (Å²) in [6.45, 7) is 3.59. The maximum absolute atomic E-state index is 11.0. The zero-order chi connectivity index (χ0) is 14.7. The predicted octanol–water partition coefficient (Wildman–Crippen LogP) is 3.11. The lowest BCUT2D eigenvalue weighted by Gasteiger charge is -2.10. The predicted molar refractivity (Wildman–Crippen MR) is 74.7 cm³/mol. The number of ether oxygens (including phenoxy) is 1. The molecule has 0 unspecified atom stereocenters. The van der Waals surface area contributed by atoms with Gasteiger partial charge in [0.2, 0.25) is 11.6 Å². The molecule has 104 valence electrons. The molecule has 0 saturated carbocycles. The number of aromatic nitrogens is 1. The number of rotatable bonds is 4. The first-order valence-corrected chi connectivity index (χ1v) is 6.12. The Morgan fingerprint density at radius 3 is 2.80 bits per heavy atom. The topological polar surface area (TPSA) is 91.3 Å². The van der Waals surface area contributed by atoms with Crippen LogP contribution in [0.2, 0.25) is 0 Å². The van der Waals surface area contributed by atoms with E-state index in [0.717, 1.165) is 5.56 Å². The Hall–Kier alpha value is -2.47. The molecule has 0 amide bonds. The van der Waals surface area contributed by atoms with Crippen LogP contribution in [0, 0.1) is 17.0 Å². The minimum Gasteiger partial charge on any atom is -0.432 e. The van der Waals surface area contributed by atoms with Crippen LogP contribution in [0.3, 0.4) is 0 Å². The molecule has 2 rings (SSSR count). The molecule has 1 aromatic carbocycles. The first-order chi connectivity index (χ1) is 9.49. The Morgan fingerprint density at radius 2 is 2.15 bits per heavy atom. The van der Waals surface area contributed by atoms with Crippen LogP contribution in [0.15, 0.2) is 36.5 Å². The van der Waals surface area contributed by atoms with Crippen molar-refractivity contribution in [3.8, 4) is 11.6 Å². The van der Waals surface area contributed by atoms with Crippen molar-refractivity contribution in [1.29, 1.82) is 0 Å². The normalized spacial score (nSPS) is 11.9. The van der Waals surface area contributed by atoms with Crippen molar-refractivity contribution < 1.29 is 9.66 Å². The second-order valence-corrected chi connectivity index (χ2v) is 4.50. The van der Waals surface area contributed by atoms with Crippen molar-refractivity contribution in [2.75, 3.05) is 0 Å². The third-order valence-electron chi connectivity index (χ3n) is 2.88. The third kappa shape index (κ3) is 2.92. The van der Waals surface area contributed by atoms with Gasteiger partial charge in [-0.2, -0.15) is 0 Å². The number of nitrogens with zero attached hydrogens (tertiary/aromatic N) is 2. The fraction of sp³-hybridized carbons (Fsp3) is 0.214. The van der Waals surface area contributed by atoms with Gasteiger partial charge in [0, 0.05) is 24.4 Å². The van der Waals surface area contributed by atoms with Gasteiger partial charge in [0.15, 0.2) is 0 Å². The molecule has 1 heterocycles. The van der Waals surface area contributed by atoms with Crippen LogP contribution in [0.5, 0.6) is 11.6 Å². The Balaban J connectivity index is 2.40. The summed E-state index contributed by atoms with van der Waals surface area (Å²) in [5.41, 5.74) is 7.23. The van der Waals surface area contributed by atoms with Crippen LogP contribution in [-0.4, -0.2) is 9.91 Å². The van der Waals surface area contributed by atoms with E-state index in [1.54, 1.807) is 37.4 Å². The monoisotopic (exact) mass is 273 g/mol. The molecule has 0 aliphatic carbocycles. The van der Waals surface area contributed by atoms with Gasteiger partial charge in [0.25, 0.3) is 0 Å². The van der Waals surface area contributed by atoms with Crippen LogP contribution in [0.1, 0.15) is 24.1 Å². The zero-order valence-corrected chi connectivity index (χ0v) is 11.2. The molecular weight excluding hydrogens is 258 g/mol. The first kappa shape index (κ1) is 14.0. The van der Waals surface area contributed by atoms with Gasteiger partial charge in [-0.25, -0.2) is 4.98 Å². The van der Waals surface area contributed by atoms with Gasteiger partial charge in [0.1, 0.15) is 0 Å². The number of pyridine rings is 1. The van der Waals surface area contributed by atoms with Gasteiger partial charge in [-0.15, -0.1) is 0 Å². The third-order valence-corrected chi connectivity index (χ3v) is 2.88. The van der Waals surface area contributed by atoms with Gasteiger partial charge in [-0.1, -0.05) is 12.1 Å². The highest BCUT2D eigenvalue weighted by Crippen LogP contribution is 2.33. The highest BCUT2D eigenvalue weighted by atomic mass is 16.6. The Labute approximate surface area is 116 Å². The number of nitro groups is 1. The molecule has 1 atom stereocenters. The molecule has 2 aromatic rings. The smallest absolute Gasteiger partial charge is 0.311 e. The molecular formula is C14H15N3O3. The summed E-state index contributed by atoms with van der Waals surface area (Å²) in [4.78, 5) is 14.6. The molecule has 0 saturated heterocycles. The van der Waals surface area contributed by atoms with Crippen LogP contribution >= 0.6 is 0 Å². The van der Waals surface area contributed by atoms with E-state index < -0.39 is 4.92 Å². The summed E-state index contributed by atoms with van der Waals surface area (Å²) in [5.74, 6) is 0.490. The second kappa shape index (κ2) is 5.66. The van der Waals surface area contributed by atoms with Crippen LogP contribution in [0.4, 0.5) is 5.69 Å². The number of nitrogens with two attached hydrogens (primary N) is 1. The van der Waals surface area contributed by atoms with Crippen LogP contribution in [-0.2, 0) is 0 Å². The van der Waals surface area contributed by atoms with Gasteiger partial charge >= 0.3 is 5.69 Å². The van der Waals surface area contributed by atoms with Crippen molar-refractivity contribution >= 4 is 5.69 Å². The van der Waals surface area contributed by atoms with E-state index >= 15 is 0 Å². The average molecular weight is 273 g/mol. The van der Waals surface area contributed by atoms with Crippen LogP contribution in [0.25, 0.3) is 0 Å². The van der Waals surface area contributed by atoms with E-state index in [-0.39, 0.29) is 23.4 Å². The van der Waals surface area contributed by atoms with Gasteiger partial charge in [-0.3, -0.25) is 10.1 Å². The maximum atomic E-state index is 11.0. The SMILES string of the molecule is Cc1cccc([N+](=O)[O-])c1Oc1cc([C@H](C)N)ccn1. The number of hydrogen-bond acceptors (Lipinski definition) is 5. The molecule has 1 aromatic heterocycles. The molecule has 6 heteroatoms. The molecule has 0 aliphatic rings. The summed E-state index contributed by atoms with van der Waals surface area (Å²) in [6.07, 6.45) is 1.57. The largest absolute Gasteiger partial charge is 0.432 e. The molecule has 0 aliphatic heterocycles. The number of benzene rings is 1. The van der Waals surface area contributed by atoms with E-state index in [9.17, 15) is 10.1 Å². The van der Waals surface area contributed by atoms with E-state index in [1.807, 2.05) is 6.92 Å². The molecule has 0 spiro atoms. The highest BCUT2D eigenvalue weighted by molar-refractivity contribution is 5.52. The van der Waals surface area contributed by atoms with Crippen molar-refractivity contribution in [1.82, 2.24) is 4.98 Å². The molecule has 20 heavy (non-hydrogen) atoms. The maximum Gasteiger partial charge on any atom is 0.311 e. The van der Waals surface area contributed by atoms with Gasteiger partial charge < -0.3 is 10.5 Å². The Bertz CT molecular complexity index is 641. The average Bonchev–Trinajstić information content (AvgIpc) is 2.41. The Kier molecular flexibility index (Phi) is 3.95. The van der Waals surface area contributed by atoms with E-state index in [2.05, 4.69) is 4.98 Å². The molecule has 0 fully saturated rings. The standard InChI is InChI=1S/C14H15N3O3/c1-9-4-3-5-12(17(18)19)14(9)20-13-8-11(10(2)15)6-7-16-13/h3-8,10H,15H2,1-2H3/t10-/m0/s1. The molecule has 0 bridgehead atoms. The Morgan fingerprint density at radius 1 is 1.40 bits per heavy atom. The number of aryl methyl sites for hydroxylation is 1. The molecule has 0 radical (unpaired) electrons. The van der Waals surface area contributed by atoms with Crippen LogP contribution < -0.4 is 10.5 Å². The summed E-state index contributed by atoms with van der Waals surface area (Å²) < 4.78 is 5.58. The summed E-state index contributed by atoms with van der Waals surface area (Å²) in [6, 6.07) is 8.07. The summed E-state index contributed by atoms with van der Waals surface area (Å²) in [5, 5.41) is 11.0. The summed E-state index contributed by atoms with van der Waals surface area (Å²) >= 11 is 0. The fourth-order valence-corrected chi connectivity index (χ4v) is 1.78. The van der Waals surface area contributed by atoms with Crippen molar-refractivity contribution in [2.24, 2.45) is 5.73 Å². The first-order valence-electron chi connectivity index (χ1n) is 6.12. The lowest BCUT2D eigenvalue weighted by molar-refractivity contribution is -0.385. The number of para-hydroxylation sites is 1. The number of nitro benzene ring substituents is 1. The number of hydrogen-bond donors (Lipinski definition) is 1. The van der Waals surface area contributed by atoms with Crippen molar-refractivity contribution in [2.45, 2.75) is 19.9 Å². The minimum atomic E-state index is -0.474. The lowest BCUT2D eigenvalue weighted by atomic mass is 10.1. The second-order valence-electron chi connectivity index (χ2n) is 4.50. The van der Waals surface area contributed by atoms with E-state index in [0.29, 0.717) is 5.56 Å². The minimum absolute atomic E-state index is 0.0852. The quantitative estimate of drug-likeness (QED) is 0.682. The van der Waals surface area contributed by atoms with E-state index in [1.165, 1.54) is 6.07 Å². The molecule has 6 nitrogen and oxygen atoms in total. The van der Waals surface area contributed by atoms with E-state index in [4.69, 9.17) is 10.5 Å². The van der Waals surface area contributed by atoms with Gasteiger partial charge in [-0.05, 0) is 31.0 Å².